The van der Waals surface area contributed by atoms with Crippen LogP contribution in [0.2, 0.25) is 5.02 Å². The van der Waals surface area contributed by atoms with Gasteiger partial charge in [-0.25, -0.2) is 9.78 Å². The van der Waals surface area contributed by atoms with Crippen LogP contribution in [0.1, 0.15) is 11.8 Å². The summed E-state index contributed by atoms with van der Waals surface area (Å²) in [7, 11) is 0. The standard InChI is InChI=1S/C16H19ClN2O7/c17-8-1-3-9(4-2-8)19-10(5-6-18-16(19)26)12(22)14(24)15(25)13(23)11(21)7-20/h1-6,11-15,20-25H,7H2/t11-,12?,13-,14+,15+/m1/s1. The fourth-order valence-electron chi connectivity index (χ4n) is 2.40. The van der Waals surface area contributed by atoms with Crippen molar-refractivity contribution in [2.24, 2.45) is 0 Å². The van der Waals surface area contributed by atoms with E-state index >= 15 is 0 Å². The van der Waals surface area contributed by atoms with Gasteiger partial charge in [0.05, 0.1) is 18.0 Å². The maximum atomic E-state index is 12.2. The SMILES string of the molecule is O=c1nccc(C(O)[C@H](O)[C@@H](O)[C@H](O)[C@H](O)CO)n1-c1ccc(Cl)cc1. The Hall–Kier alpha value is -1.85. The first-order valence-electron chi connectivity index (χ1n) is 7.63. The van der Waals surface area contributed by atoms with Gasteiger partial charge in [-0.05, 0) is 30.3 Å². The second-order valence-corrected chi connectivity index (χ2v) is 6.07. The minimum atomic E-state index is -1.99. The first-order chi connectivity index (χ1) is 12.3. The fraction of sp³-hybridized carbons (Fsp3) is 0.375. The summed E-state index contributed by atoms with van der Waals surface area (Å²) in [5.74, 6) is 0. The zero-order chi connectivity index (χ0) is 19.4. The van der Waals surface area contributed by atoms with Crippen LogP contribution in [0.3, 0.4) is 0 Å². The highest BCUT2D eigenvalue weighted by atomic mass is 35.5. The molecule has 1 aromatic carbocycles. The molecule has 1 unspecified atom stereocenters. The summed E-state index contributed by atoms with van der Waals surface area (Å²) in [5.41, 5.74) is -0.551. The van der Waals surface area contributed by atoms with Crippen LogP contribution in [0.25, 0.3) is 5.69 Å². The van der Waals surface area contributed by atoms with Gasteiger partial charge in [-0.15, -0.1) is 0 Å². The summed E-state index contributed by atoms with van der Waals surface area (Å²) in [5, 5.41) is 58.8. The average Bonchev–Trinajstić information content (AvgIpc) is 2.65. The Morgan fingerprint density at radius 2 is 1.58 bits per heavy atom. The Labute approximate surface area is 153 Å². The van der Waals surface area contributed by atoms with Gasteiger partial charge in [-0.1, -0.05) is 11.6 Å². The number of aliphatic hydroxyl groups excluding tert-OH is 6. The summed E-state index contributed by atoms with van der Waals surface area (Å²) in [4.78, 5) is 15.8. The van der Waals surface area contributed by atoms with Crippen LogP contribution in [0.4, 0.5) is 0 Å². The van der Waals surface area contributed by atoms with Crippen molar-refractivity contribution in [2.75, 3.05) is 6.61 Å². The number of hydrogen-bond donors (Lipinski definition) is 6. The summed E-state index contributed by atoms with van der Waals surface area (Å²) in [6.07, 6.45) is -8.28. The van der Waals surface area contributed by atoms with Gasteiger partial charge in [0.1, 0.15) is 30.5 Å². The van der Waals surface area contributed by atoms with Gasteiger partial charge < -0.3 is 30.6 Å². The Morgan fingerprint density at radius 1 is 0.962 bits per heavy atom. The van der Waals surface area contributed by atoms with Crippen LogP contribution in [0.5, 0.6) is 0 Å². The normalized spacial score (nSPS) is 17.3. The molecule has 0 radical (unpaired) electrons. The number of nitrogens with zero attached hydrogens (tertiary/aromatic N) is 2. The van der Waals surface area contributed by atoms with Crippen LogP contribution >= 0.6 is 11.6 Å². The predicted octanol–water partition coefficient (Wildman–Crippen LogP) is -1.64. The molecule has 0 aliphatic rings. The Kier molecular flexibility index (Phi) is 6.84. The van der Waals surface area contributed by atoms with Gasteiger partial charge in [0.2, 0.25) is 0 Å². The van der Waals surface area contributed by atoms with E-state index in [0.717, 1.165) is 10.8 Å². The number of aromatic nitrogens is 2. The van der Waals surface area contributed by atoms with E-state index < -0.39 is 42.8 Å². The maximum absolute atomic E-state index is 12.2. The minimum absolute atomic E-state index is 0.107. The molecule has 0 amide bonds. The van der Waals surface area contributed by atoms with Gasteiger partial charge in [0, 0.05) is 11.2 Å². The number of halogens is 1. The molecule has 6 N–H and O–H groups in total. The van der Waals surface area contributed by atoms with Gasteiger partial charge in [-0.2, -0.15) is 0 Å². The topological polar surface area (TPSA) is 156 Å². The van der Waals surface area contributed by atoms with Crippen molar-refractivity contribution in [3.63, 3.8) is 0 Å². The van der Waals surface area contributed by atoms with Crippen LogP contribution in [0, 0.1) is 0 Å². The molecule has 142 valence electrons. The molecule has 2 rings (SSSR count). The number of benzene rings is 1. The summed E-state index contributed by atoms with van der Waals surface area (Å²) in [6.45, 7) is -0.855. The predicted molar refractivity (Wildman–Crippen MR) is 90.9 cm³/mol. The molecule has 26 heavy (non-hydrogen) atoms. The lowest BCUT2D eigenvalue weighted by molar-refractivity contribution is -0.142. The van der Waals surface area contributed by atoms with E-state index in [2.05, 4.69) is 4.98 Å². The zero-order valence-corrected chi connectivity index (χ0v) is 14.2. The quantitative estimate of drug-likeness (QED) is 0.330. The molecule has 0 aliphatic carbocycles. The van der Waals surface area contributed by atoms with E-state index in [9.17, 15) is 30.3 Å². The van der Waals surface area contributed by atoms with Crippen molar-refractivity contribution < 1.29 is 30.6 Å². The molecule has 0 saturated carbocycles. The second-order valence-electron chi connectivity index (χ2n) is 5.63. The molecule has 9 nitrogen and oxygen atoms in total. The van der Waals surface area contributed by atoms with Crippen molar-refractivity contribution in [3.8, 4) is 5.69 Å². The highest BCUT2D eigenvalue weighted by Gasteiger charge is 2.35. The van der Waals surface area contributed by atoms with Gasteiger partial charge in [0.25, 0.3) is 0 Å². The fourth-order valence-corrected chi connectivity index (χ4v) is 2.53. The average molecular weight is 387 g/mol. The van der Waals surface area contributed by atoms with Crippen LogP contribution in [0.15, 0.2) is 41.3 Å². The third-order valence-electron chi connectivity index (χ3n) is 3.87. The molecule has 1 heterocycles. The molecular formula is C16H19ClN2O7. The highest BCUT2D eigenvalue weighted by Crippen LogP contribution is 2.23. The molecule has 0 aliphatic heterocycles. The van der Waals surface area contributed by atoms with Crippen molar-refractivity contribution in [1.82, 2.24) is 9.55 Å². The van der Waals surface area contributed by atoms with Crippen LogP contribution in [-0.2, 0) is 0 Å². The van der Waals surface area contributed by atoms with Gasteiger partial charge >= 0.3 is 5.69 Å². The number of hydrogen-bond acceptors (Lipinski definition) is 8. The molecular weight excluding hydrogens is 368 g/mol. The van der Waals surface area contributed by atoms with Gasteiger partial charge in [-0.3, -0.25) is 4.57 Å². The van der Waals surface area contributed by atoms with Crippen molar-refractivity contribution in [2.45, 2.75) is 30.5 Å². The Balaban J connectivity index is 2.40. The van der Waals surface area contributed by atoms with E-state index in [0.29, 0.717) is 10.7 Å². The molecule has 0 bridgehead atoms. The number of rotatable bonds is 7. The third-order valence-corrected chi connectivity index (χ3v) is 4.12. The van der Waals surface area contributed by atoms with Crippen LogP contribution in [-0.4, -0.2) is 71.2 Å². The lowest BCUT2D eigenvalue weighted by Gasteiger charge is -2.29. The zero-order valence-electron chi connectivity index (χ0n) is 13.4. The molecule has 1 aromatic heterocycles. The summed E-state index contributed by atoms with van der Waals surface area (Å²) in [6, 6.07) is 7.27. The van der Waals surface area contributed by atoms with E-state index in [1.807, 2.05) is 0 Å². The first kappa shape index (κ1) is 20.5. The minimum Gasteiger partial charge on any atom is -0.394 e. The van der Waals surface area contributed by atoms with Crippen molar-refractivity contribution in [3.05, 3.63) is 57.7 Å². The van der Waals surface area contributed by atoms with Gasteiger partial charge in [0.15, 0.2) is 0 Å². The van der Waals surface area contributed by atoms with E-state index in [-0.39, 0.29) is 5.69 Å². The molecule has 0 spiro atoms. The van der Waals surface area contributed by atoms with E-state index in [1.165, 1.54) is 30.3 Å². The molecule has 0 fully saturated rings. The van der Waals surface area contributed by atoms with Crippen LogP contribution < -0.4 is 5.69 Å². The third kappa shape index (κ3) is 4.27. The number of aliphatic hydroxyl groups is 6. The molecule has 10 heteroatoms. The highest BCUT2D eigenvalue weighted by molar-refractivity contribution is 6.30. The molecule has 0 saturated heterocycles. The summed E-state index contributed by atoms with van der Waals surface area (Å²) >= 11 is 5.81. The second kappa shape index (κ2) is 8.69. The lowest BCUT2D eigenvalue weighted by Crippen LogP contribution is -2.48. The monoisotopic (exact) mass is 386 g/mol. The largest absolute Gasteiger partial charge is 0.394 e. The molecule has 2 aromatic rings. The first-order valence-corrected chi connectivity index (χ1v) is 8.00. The Bertz CT molecular complexity index is 783. The van der Waals surface area contributed by atoms with Crippen molar-refractivity contribution >= 4 is 11.6 Å². The van der Waals surface area contributed by atoms with Crippen molar-refractivity contribution in [1.29, 1.82) is 0 Å². The Morgan fingerprint density at radius 3 is 2.15 bits per heavy atom. The smallest absolute Gasteiger partial charge is 0.352 e. The van der Waals surface area contributed by atoms with E-state index in [4.69, 9.17) is 16.7 Å². The van der Waals surface area contributed by atoms with E-state index in [1.54, 1.807) is 0 Å². The summed E-state index contributed by atoms with van der Waals surface area (Å²) < 4.78 is 1.01. The maximum Gasteiger partial charge on any atom is 0.352 e. The lowest BCUT2D eigenvalue weighted by atomic mass is 9.97. The molecule has 5 atom stereocenters.